The molecular weight excluding hydrogens is 415 g/mol. The highest BCUT2D eigenvalue weighted by Gasteiger charge is 2.34. The highest BCUT2D eigenvalue weighted by atomic mass is 19.1. The number of hydrogen-bond acceptors (Lipinski definition) is 4. The molecule has 1 aliphatic rings. The molecule has 0 unspecified atom stereocenters. The van der Waals surface area contributed by atoms with Gasteiger partial charge in [-0.25, -0.2) is 4.39 Å². The van der Waals surface area contributed by atoms with Gasteiger partial charge in [0.2, 0.25) is 0 Å². The van der Waals surface area contributed by atoms with Gasteiger partial charge in [0, 0.05) is 42.0 Å². The SMILES string of the molecule is Cc1ccc(F)c(-c2cc(Nc3ccnc4ccccc34)c3n(c2=O)CCC(C)(C)N3C)c1. The van der Waals surface area contributed by atoms with Gasteiger partial charge in [0.15, 0.2) is 0 Å². The van der Waals surface area contributed by atoms with Crippen LogP contribution in [0, 0.1) is 12.7 Å². The van der Waals surface area contributed by atoms with E-state index in [1.54, 1.807) is 29.0 Å². The summed E-state index contributed by atoms with van der Waals surface area (Å²) in [5.41, 5.74) is 3.80. The number of anilines is 3. The second-order valence-corrected chi connectivity index (χ2v) is 9.36. The fraction of sp³-hybridized carbons (Fsp3) is 0.259. The van der Waals surface area contributed by atoms with Gasteiger partial charge in [-0.1, -0.05) is 29.8 Å². The minimum Gasteiger partial charge on any atom is -0.354 e. The van der Waals surface area contributed by atoms with Crippen LogP contribution in [0.15, 0.2) is 65.6 Å². The molecule has 5 nitrogen and oxygen atoms in total. The zero-order valence-electron chi connectivity index (χ0n) is 19.3. The van der Waals surface area contributed by atoms with Crippen molar-refractivity contribution in [2.24, 2.45) is 0 Å². The minimum absolute atomic E-state index is 0.126. The zero-order chi connectivity index (χ0) is 23.3. The van der Waals surface area contributed by atoms with Gasteiger partial charge in [-0.05, 0) is 57.5 Å². The van der Waals surface area contributed by atoms with Gasteiger partial charge >= 0.3 is 0 Å². The lowest BCUT2D eigenvalue weighted by molar-refractivity contribution is 0.372. The summed E-state index contributed by atoms with van der Waals surface area (Å²) in [6.45, 7) is 6.80. The van der Waals surface area contributed by atoms with Gasteiger partial charge < -0.3 is 10.2 Å². The van der Waals surface area contributed by atoms with Crippen molar-refractivity contribution < 1.29 is 4.39 Å². The average Bonchev–Trinajstić information content (AvgIpc) is 2.80. The van der Waals surface area contributed by atoms with Crippen molar-refractivity contribution in [3.63, 3.8) is 0 Å². The predicted octanol–water partition coefficient (Wildman–Crippen LogP) is 5.87. The van der Waals surface area contributed by atoms with Crippen LogP contribution in [0.4, 0.5) is 21.6 Å². The van der Waals surface area contributed by atoms with Crippen LogP contribution in [-0.4, -0.2) is 22.1 Å². The molecule has 0 atom stereocenters. The number of aromatic nitrogens is 2. The molecule has 1 N–H and O–H groups in total. The van der Waals surface area contributed by atoms with Gasteiger partial charge in [-0.3, -0.25) is 14.3 Å². The Morgan fingerprint density at radius 3 is 2.64 bits per heavy atom. The third-order valence-corrected chi connectivity index (χ3v) is 6.76. The molecule has 6 heteroatoms. The largest absolute Gasteiger partial charge is 0.354 e. The Balaban J connectivity index is 1.77. The molecule has 3 heterocycles. The van der Waals surface area contributed by atoms with Crippen molar-refractivity contribution in [1.82, 2.24) is 9.55 Å². The maximum absolute atomic E-state index is 14.8. The summed E-state index contributed by atoms with van der Waals surface area (Å²) >= 11 is 0. The third-order valence-electron chi connectivity index (χ3n) is 6.76. The molecule has 33 heavy (non-hydrogen) atoms. The van der Waals surface area contributed by atoms with Gasteiger partial charge in [-0.15, -0.1) is 0 Å². The number of rotatable bonds is 3. The molecule has 0 radical (unpaired) electrons. The number of nitrogens with one attached hydrogen (secondary N) is 1. The number of nitrogens with zero attached hydrogens (tertiary/aromatic N) is 3. The molecule has 0 bridgehead atoms. The molecule has 0 saturated carbocycles. The molecule has 0 aliphatic carbocycles. The van der Waals surface area contributed by atoms with Crippen molar-refractivity contribution in [1.29, 1.82) is 0 Å². The Hall–Kier alpha value is -3.67. The van der Waals surface area contributed by atoms with Gasteiger partial charge in [0.25, 0.3) is 5.56 Å². The molecule has 168 valence electrons. The summed E-state index contributed by atoms with van der Waals surface area (Å²) in [5.74, 6) is 0.400. The fourth-order valence-electron chi connectivity index (χ4n) is 4.55. The minimum atomic E-state index is -0.400. The number of para-hydroxylation sites is 1. The summed E-state index contributed by atoms with van der Waals surface area (Å²) in [6.07, 6.45) is 2.58. The lowest BCUT2D eigenvalue weighted by Gasteiger charge is -2.44. The Kier molecular flexibility index (Phi) is 4.96. The predicted molar refractivity (Wildman–Crippen MR) is 133 cm³/mol. The number of pyridine rings is 2. The van der Waals surface area contributed by atoms with E-state index in [1.807, 2.05) is 44.3 Å². The second kappa shape index (κ2) is 7.73. The Labute approximate surface area is 192 Å². The number of hydrogen-bond donors (Lipinski definition) is 1. The van der Waals surface area contributed by atoms with Crippen molar-refractivity contribution in [3.8, 4) is 11.1 Å². The van der Waals surface area contributed by atoms with E-state index in [-0.39, 0.29) is 11.1 Å². The molecule has 2 aromatic carbocycles. The van der Waals surface area contributed by atoms with Gasteiger partial charge in [-0.2, -0.15) is 0 Å². The molecule has 2 aromatic heterocycles. The van der Waals surface area contributed by atoms with E-state index in [9.17, 15) is 9.18 Å². The maximum atomic E-state index is 14.8. The number of benzene rings is 2. The van der Waals surface area contributed by atoms with Crippen molar-refractivity contribution >= 4 is 28.1 Å². The monoisotopic (exact) mass is 442 g/mol. The summed E-state index contributed by atoms with van der Waals surface area (Å²) in [5, 5.41) is 4.53. The first-order chi connectivity index (χ1) is 15.8. The Morgan fingerprint density at radius 1 is 1.03 bits per heavy atom. The van der Waals surface area contributed by atoms with Gasteiger partial charge in [0.05, 0.1) is 16.8 Å². The Bertz CT molecular complexity index is 1440. The van der Waals surface area contributed by atoms with Crippen LogP contribution in [0.25, 0.3) is 22.0 Å². The maximum Gasteiger partial charge on any atom is 0.260 e. The van der Waals surface area contributed by atoms with E-state index in [1.165, 1.54) is 6.07 Å². The van der Waals surface area contributed by atoms with E-state index >= 15 is 0 Å². The molecule has 0 saturated heterocycles. The van der Waals surface area contributed by atoms with E-state index in [2.05, 4.69) is 29.0 Å². The molecule has 4 aromatic rings. The molecular formula is C27H27FN4O. The van der Waals surface area contributed by atoms with Crippen LogP contribution >= 0.6 is 0 Å². The van der Waals surface area contributed by atoms with E-state index < -0.39 is 5.82 Å². The average molecular weight is 443 g/mol. The molecule has 0 amide bonds. The fourth-order valence-corrected chi connectivity index (χ4v) is 4.55. The first-order valence-corrected chi connectivity index (χ1v) is 11.2. The first-order valence-electron chi connectivity index (χ1n) is 11.2. The quantitative estimate of drug-likeness (QED) is 0.431. The smallest absolute Gasteiger partial charge is 0.260 e. The molecule has 0 fully saturated rings. The van der Waals surface area contributed by atoms with E-state index in [4.69, 9.17) is 0 Å². The molecule has 0 spiro atoms. The van der Waals surface area contributed by atoms with Crippen molar-refractivity contribution in [2.45, 2.75) is 39.3 Å². The lowest BCUT2D eigenvalue weighted by atomic mass is 9.94. The Morgan fingerprint density at radius 2 is 1.82 bits per heavy atom. The normalized spacial score (nSPS) is 14.9. The highest BCUT2D eigenvalue weighted by molar-refractivity contribution is 5.94. The second-order valence-electron chi connectivity index (χ2n) is 9.36. The van der Waals surface area contributed by atoms with Crippen LogP contribution in [-0.2, 0) is 6.54 Å². The summed E-state index contributed by atoms with van der Waals surface area (Å²) < 4.78 is 16.6. The van der Waals surface area contributed by atoms with Crippen LogP contribution in [0.2, 0.25) is 0 Å². The van der Waals surface area contributed by atoms with E-state index in [0.29, 0.717) is 17.7 Å². The number of halogens is 1. The standard InChI is InChI=1S/C27H27FN4O/c1-17-9-10-21(28)19(15-17)20-16-24(25-31(4)27(2,3)12-14-32(25)26(20)33)30-23-11-13-29-22-8-6-5-7-18(22)23/h5-11,13,15-16H,12,14H2,1-4H3,(H,29,30). The van der Waals surface area contributed by atoms with Crippen molar-refractivity contribution in [3.05, 3.63) is 82.5 Å². The topological polar surface area (TPSA) is 50.2 Å². The highest BCUT2D eigenvalue weighted by Crippen LogP contribution is 2.39. The van der Waals surface area contributed by atoms with Crippen LogP contribution < -0.4 is 15.8 Å². The van der Waals surface area contributed by atoms with Gasteiger partial charge in [0.1, 0.15) is 11.6 Å². The first kappa shape index (κ1) is 21.2. The summed E-state index contributed by atoms with van der Waals surface area (Å²) in [6, 6.07) is 16.5. The number of aryl methyl sites for hydroxylation is 1. The zero-order valence-corrected chi connectivity index (χ0v) is 19.3. The van der Waals surface area contributed by atoms with Crippen LogP contribution in [0.1, 0.15) is 25.8 Å². The summed E-state index contributed by atoms with van der Waals surface area (Å²) in [4.78, 5) is 20.2. The molecule has 5 rings (SSSR count). The van der Waals surface area contributed by atoms with Crippen molar-refractivity contribution in [2.75, 3.05) is 17.3 Å². The number of fused-ring (bicyclic) bond motifs is 2. The summed E-state index contributed by atoms with van der Waals surface area (Å²) in [7, 11) is 2.01. The van der Waals surface area contributed by atoms with Crippen LogP contribution in [0.3, 0.4) is 0 Å². The van der Waals surface area contributed by atoms with Crippen LogP contribution in [0.5, 0.6) is 0 Å². The third kappa shape index (κ3) is 3.55. The molecule has 1 aliphatic heterocycles. The lowest BCUT2D eigenvalue weighted by Crippen LogP contribution is -2.49. The van der Waals surface area contributed by atoms with E-state index in [0.717, 1.165) is 40.1 Å².